The molecule has 0 bridgehead atoms. The van der Waals surface area contributed by atoms with Gasteiger partial charge >= 0.3 is 0 Å². The average molecular weight is 181 g/mol. The maximum Gasteiger partial charge on any atom is 0.142 e. The van der Waals surface area contributed by atoms with Crippen LogP contribution in [0.3, 0.4) is 0 Å². The van der Waals surface area contributed by atoms with Crippen molar-refractivity contribution in [2.24, 2.45) is 0 Å². The van der Waals surface area contributed by atoms with Crippen LogP contribution in [-0.4, -0.2) is 20.3 Å². The van der Waals surface area contributed by atoms with Crippen LogP contribution >= 0.6 is 0 Å². The highest BCUT2D eigenvalue weighted by atomic mass is 16.5. The molecule has 0 aliphatic carbocycles. The van der Waals surface area contributed by atoms with Gasteiger partial charge in [-0.05, 0) is 12.1 Å². The first-order chi connectivity index (χ1) is 6.34. The summed E-state index contributed by atoms with van der Waals surface area (Å²) in [7, 11) is 1.68. The maximum absolute atomic E-state index is 5.68. The van der Waals surface area contributed by atoms with Gasteiger partial charge in [-0.2, -0.15) is 0 Å². The Kier molecular flexibility index (Phi) is 4.12. The number of ether oxygens (including phenoxy) is 2. The fourth-order valence-corrected chi connectivity index (χ4v) is 0.997. The second kappa shape index (κ2) is 5.43. The van der Waals surface area contributed by atoms with Crippen LogP contribution in [0.4, 0.5) is 5.69 Å². The molecule has 13 heavy (non-hydrogen) atoms. The standard InChI is InChI=1S/C10H15NO2/c1-12-7-4-8-13-10-6-3-2-5-9(10)11/h2-3,5-6H,4,7-8,11H2,1H3. The van der Waals surface area contributed by atoms with Crippen molar-refractivity contribution in [2.75, 3.05) is 26.1 Å². The molecule has 0 heterocycles. The molecule has 0 atom stereocenters. The molecule has 1 aromatic rings. The number of nitrogens with two attached hydrogens (primary N) is 1. The van der Waals surface area contributed by atoms with E-state index in [0.717, 1.165) is 12.2 Å². The van der Waals surface area contributed by atoms with Gasteiger partial charge in [0.05, 0.1) is 12.3 Å². The number of anilines is 1. The third-order valence-electron chi connectivity index (χ3n) is 1.67. The largest absolute Gasteiger partial charge is 0.491 e. The second-order valence-corrected chi connectivity index (χ2v) is 2.73. The summed E-state index contributed by atoms with van der Waals surface area (Å²) in [5.74, 6) is 0.749. The van der Waals surface area contributed by atoms with Gasteiger partial charge in [0.2, 0.25) is 0 Å². The molecule has 0 aliphatic heterocycles. The number of hydrogen-bond donors (Lipinski definition) is 1. The number of methoxy groups -OCH3 is 1. The van der Waals surface area contributed by atoms with Crippen LogP contribution in [0.1, 0.15) is 6.42 Å². The molecule has 0 unspecified atom stereocenters. The molecular formula is C10H15NO2. The lowest BCUT2D eigenvalue weighted by atomic mass is 10.3. The van der Waals surface area contributed by atoms with Crippen LogP contribution in [0.25, 0.3) is 0 Å². The average Bonchev–Trinajstić information content (AvgIpc) is 2.15. The van der Waals surface area contributed by atoms with Gasteiger partial charge in [0, 0.05) is 20.1 Å². The van der Waals surface area contributed by atoms with E-state index < -0.39 is 0 Å². The summed E-state index contributed by atoms with van der Waals surface area (Å²) in [5.41, 5.74) is 6.36. The molecule has 3 heteroatoms. The van der Waals surface area contributed by atoms with Crippen molar-refractivity contribution in [3.05, 3.63) is 24.3 Å². The molecule has 2 N–H and O–H groups in total. The molecule has 0 spiro atoms. The maximum atomic E-state index is 5.68. The Bertz CT molecular complexity index is 250. The summed E-state index contributed by atoms with van der Waals surface area (Å²) in [6.07, 6.45) is 0.880. The van der Waals surface area contributed by atoms with E-state index in [1.54, 1.807) is 7.11 Å². The van der Waals surface area contributed by atoms with E-state index in [-0.39, 0.29) is 0 Å². The van der Waals surface area contributed by atoms with Crippen molar-refractivity contribution in [3.63, 3.8) is 0 Å². The second-order valence-electron chi connectivity index (χ2n) is 2.73. The molecule has 0 fully saturated rings. The van der Waals surface area contributed by atoms with Crippen LogP contribution in [0.5, 0.6) is 5.75 Å². The Labute approximate surface area is 78.5 Å². The molecule has 0 aromatic heterocycles. The van der Waals surface area contributed by atoms with Crippen molar-refractivity contribution in [1.29, 1.82) is 0 Å². The first-order valence-corrected chi connectivity index (χ1v) is 4.31. The predicted octanol–water partition coefficient (Wildman–Crippen LogP) is 1.68. The van der Waals surface area contributed by atoms with E-state index in [1.807, 2.05) is 24.3 Å². The zero-order valence-electron chi connectivity index (χ0n) is 7.82. The van der Waals surface area contributed by atoms with Crippen molar-refractivity contribution in [3.8, 4) is 5.75 Å². The van der Waals surface area contributed by atoms with Gasteiger partial charge in [-0.15, -0.1) is 0 Å². The number of para-hydroxylation sites is 2. The topological polar surface area (TPSA) is 44.5 Å². The lowest BCUT2D eigenvalue weighted by molar-refractivity contribution is 0.172. The number of nitrogen functional groups attached to an aromatic ring is 1. The Morgan fingerprint density at radius 3 is 2.69 bits per heavy atom. The van der Waals surface area contributed by atoms with E-state index >= 15 is 0 Å². The van der Waals surface area contributed by atoms with Gasteiger partial charge < -0.3 is 15.2 Å². The number of benzene rings is 1. The summed E-state index contributed by atoms with van der Waals surface area (Å²) in [4.78, 5) is 0. The quantitative estimate of drug-likeness (QED) is 0.555. The van der Waals surface area contributed by atoms with Crippen LogP contribution < -0.4 is 10.5 Å². The molecule has 0 radical (unpaired) electrons. The number of hydrogen-bond acceptors (Lipinski definition) is 3. The summed E-state index contributed by atoms with van der Waals surface area (Å²) in [5, 5.41) is 0. The smallest absolute Gasteiger partial charge is 0.142 e. The van der Waals surface area contributed by atoms with E-state index in [4.69, 9.17) is 15.2 Å². The molecule has 72 valence electrons. The highest BCUT2D eigenvalue weighted by Crippen LogP contribution is 2.19. The van der Waals surface area contributed by atoms with Crippen molar-refractivity contribution in [2.45, 2.75) is 6.42 Å². The van der Waals surface area contributed by atoms with Crippen molar-refractivity contribution in [1.82, 2.24) is 0 Å². The summed E-state index contributed by atoms with van der Waals surface area (Å²) < 4.78 is 10.3. The van der Waals surface area contributed by atoms with Gasteiger partial charge in [0.15, 0.2) is 0 Å². The van der Waals surface area contributed by atoms with Crippen LogP contribution in [0, 0.1) is 0 Å². The van der Waals surface area contributed by atoms with Crippen LogP contribution in [0.15, 0.2) is 24.3 Å². The summed E-state index contributed by atoms with van der Waals surface area (Å²) in [6.45, 7) is 1.36. The zero-order chi connectivity index (χ0) is 9.52. The Hall–Kier alpha value is -1.22. The molecule has 0 saturated carbocycles. The van der Waals surface area contributed by atoms with E-state index in [2.05, 4.69) is 0 Å². The van der Waals surface area contributed by atoms with E-state index in [0.29, 0.717) is 18.9 Å². The Morgan fingerprint density at radius 2 is 2.00 bits per heavy atom. The summed E-state index contributed by atoms with van der Waals surface area (Å²) >= 11 is 0. The molecule has 0 aliphatic rings. The van der Waals surface area contributed by atoms with Crippen LogP contribution in [-0.2, 0) is 4.74 Å². The first-order valence-electron chi connectivity index (χ1n) is 4.31. The monoisotopic (exact) mass is 181 g/mol. The third kappa shape index (κ3) is 3.34. The van der Waals surface area contributed by atoms with Gasteiger partial charge in [-0.25, -0.2) is 0 Å². The van der Waals surface area contributed by atoms with Crippen LogP contribution in [0.2, 0.25) is 0 Å². The van der Waals surface area contributed by atoms with Gasteiger partial charge in [-0.3, -0.25) is 0 Å². The molecule has 1 rings (SSSR count). The normalized spacial score (nSPS) is 9.92. The first kappa shape index (κ1) is 9.86. The van der Waals surface area contributed by atoms with E-state index in [9.17, 15) is 0 Å². The molecule has 0 saturated heterocycles. The minimum absolute atomic E-state index is 0.641. The molecule has 0 amide bonds. The molecular weight excluding hydrogens is 166 g/mol. The number of rotatable bonds is 5. The third-order valence-corrected chi connectivity index (χ3v) is 1.67. The SMILES string of the molecule is COCCCOc1ccccc1N. The molecule has 1 aromatic carbocycles. The van der Waals surface area contributed by atoms with Gasteiger partial charge in [-0.1, -0.05) is 12.1 Å². The zero-order valence-corrected chi connectivity index (χ0v) is 7.82. The lowest BCUT2D eigenvalue weighted by Crippen LogP contribution is -2.02. The lowest BCUT2D eigenvalue weighted by Gasteiger charge is -2.07. The van der Waals surface area contributed by atoms with Crippen molar-refractivity contribution >= 4 is 5.69 Å². The van der Waals surface area contributed by atoms with Gasteiger partial charge in [0.1, 0.15) is 5.75 Å². The predicted molar refractivity (Wildman–Crippen MR) is 52.8 cm³/mol. The van der Waals surface area contributed by atoms with E-state index in [1.165, 1.54) is 0 Å². The van der Waals surface area contributed by atoms with Crippen molar-refractivity contribution < 1.29 is 9.47 Å². The summed E-state index contributed by atoms with van der Waals surface area (Å²) in [6, 6.07) is 7.48. The Balaban J connectivity index is 2.32. The van der Waals surface area contributed by atoms with Gasteiger partial charge in [0.25, 0.3) is 0 Å². The highest BCUT2D eigenvalue weighted by molar-refractivity contribution is 5.51. The fourth-order valence-electron chi connectivity index (χ4n) is 0.997. The Morgan fingerprint density at radius 1 is 1.23 bits per heavy atom. The fraction of sp³-hybridized carbons (Fsp3) is 0.400. The minimum atomic E-state index is 0.641. The molecule has 3 nitrogen and oxygen atoms in total. The minimum Gasteiger partial charge on any atom is -0.491 e. The highest BCUT2D eigenvalue weighted by Gasteiger charge is 1.96.